The Balaban J connectivity index is 1.42. The van der Waals surface area contributed by atoms with E-state index in [1.165, 1.54) is 24.0 Å². The summed E-state index contributed by atoms with van der Waals surface area (Å²) in [6, 6.07) is 9.63. The van der Waals surface area contributed by atoms with Crippen molar-refractivity contribution < 1.29 is 4.79 Å². The Morgan fingerprint density at radius 1 is 1.29 bits per heavy atom. The lowest BCUT2D eigenvalue weighted by molar-refractivity contribution is -0.126. The van der Waals surface area contributed by atoms with E-state index < -0.39 is 0 Å². The van der Waals surface area contributed by atoms with Gasteiger partial charge in [0.2, 0.25) is 5.91 Å². The molecule has 1 saturated heterocycles. The fourth-order valence-corrected chi connectivity index (χ4v) is 4.42. The standard InChI is InChI=1S/C18H24N2O/c1-11-10-13(8-9-19-11)18(21)20-17-15-7-6-12-4-2-3-5-14(12)16(15)17/h2-5,11,13,15-17,19H,6-10H2,1H3,(H,20,21)/t11-,13-,15?,16?,17?/m0/s1. The molecule has 3 nitrogen and oxygen atoms in total. The predicted molar refractivity (Wildman–Crippen MR) is 83.1 cm³/mol. The third-order valence-corrected chi connectivity index (χ3v) is 5.63. The van der Waals surface area contributed by atoms with Crippen LogP contribution >= 0.6 is 0 Å². The van der Waals surface area contributed by atoms with Crippen molar-refractivity contribution in [1.82, 2.24) is 10.6 Å². The van der Waals surface area contributed by atoms with E-state index in [2.05, 4.69) is 41.8 Å². The van der Waals surface area contributed by atoms with E-state index in [1.54, 1.807) is 0 Å². The molecule has 0 spiro atoms. The van der Waals surface area contributed by atoms with Crippen LogP contribution in [0.5, 0.6) is 0 Å². The highest BCUT2D eigenvalue weighted by atomic mass is 16.2. The first-order chi connectivity index (χ1) is 10.2. The average Bonchev–Trinajstić information content (AvgIpc) is 3.21. The Morgan fingerprint density at radius 2 is 2.14 bits per heavy atom. The van der Waals surface area contributed by atoms with Gasteiger partial charge in [-0.3, -0.25) is 4.79 Å². The maximum atomic E-state index is 12.5. The summed E-state index contributed by atoms with van der Waals surface area (Å²) in [4.78, 5) is 12.5. The molecule has 5 atom stereocenters. The molecule has 1 amide bonds. The Kier molecular flexibility index (Phi) is 3.26. The van der Waals surface area contributed by atoms with E-state index in [-0.39, 0.29) is 5.92 Å². The van der Waals surface area contributed by atoms with Crippen LogP contribution in [-0.2, 0) is 11.2 Å². The first kappa shape index (κ1) is 13.3. The van der Waals surface area contributed by atoms with Gasteiger partial charge >= 0.3 is 0 Å². The number of nitrogens with one attached hydrogen (secondary N) is 2. The van der Waals surface area contributed by atoms with Gasteiger partial charge in [0.1, 0.15) is 0 Å². The van der Waals surface area contributed by atoms with Crippen LogP contribution in [0.2, 0.25) is 0 Å². The van der Waals surface area contributed by atoms with Crippen LogP contribution < -0.4 is 10.6 Å². The molecule has 3 unspecified atom stereocenters. The van der Waals surface area contributed by atoms with Crippen molar-refractivity contribution in [2.45, 2.75) is 50.6 Å². The molecule has 21 heavy (non-hydrogen) atoms. The lowest BCUT2D eigenvalue weighted by atomic mass is 9.92. The van der Waals surface area contributed by atoms with Crippen molar-refractivity contribution in [2.75, 3.05) is 6.54 Å². The molecule has 0 aromatic heterocycles. The van der Waals surface area contributed by atoms with Gasteiger partial charge in [-0.25, -0.2) is 0 Å². The number of benzene rings is 1. The van der Waals surface area contributed by atoms with E-state index in [0.717, 1.165) is 19.4 Å². The molecule has 0 radical (unpaired) electrons. The fraction of sp³-hybridized carbons (Fsp3) is 0.611. The molecule has 112 valence electrons. The highest BCUT2D eigenvalue weighted by Gasteiger charge is 2.54. The average molecular weight is 284 g/mol. The zero-order valence-corrected chi connectivity index (χ0v) is 12.6. The first-order valence-electron chi connectivity index (χ1n) is 8.35. The number of aryl methyl sites for hydroxylation is 1. The number of carbonyl (C=O) groups excluding carboxylic acids is 1. The molecule has 1 saturated carbocycles. The van der Waals surface area contributed by atoms with E-state index in [4.69, 9.17) is 0 Å². The number of fused-ring (bicyclic) bond motifs is 3. The first-order valence-corrected chi connectivity index (χ1v) is 8.35. The van der Waals surface area contributed by atoms with Gasteiger partial charge in [0, 0.05) is 23.9 Å². The van der Waals surface area contributed by atoms with Crippen LogP contribution in [0, 0.1) is 11.8 Å². The molecule has 2 fully saturated rings. The molecular formula is C18H24N2O. The van der Waals surface area contributed by atoms with Crippen molar-refractivity contribution in [1.29, 1.82) is 0 Å². The van der Waals surface area contributed by atoms with Crippen LogP contribution in [-0.4, -0.2) is 24.5 Å². The fourth-order valence-electron chi connectivity index (χ4n) is 4.42. The Labute approximate surface area is 126 Å². The van der Waals surface area contributed by atoms with Crippen molar-refractivity contribution in [2.24, 2.45) is 11.8 Å². The lowest BCUT2D eigenvalue weighted by Crippen LogP contribution is -2.43. The third kappa shape index (κ3) is 2.38. The quantitative estimate of drug-likeness (QED) is 0.874. The normalized spacial score (nSPS) is 37.3. The third-order valence-electron chi connectivity index (χ3n) is 5.63. The topological polar surface area (TPSA) is 41.1 Å². The van der Waals surface area contributed by atoms with Gasteiger partial charge in [0.15, 0.2) is 0 Å². The smallest absolute Gasteiger partial charge is 0.223 e. The van der Waals surface area contributed by atoms with Gasteiger partial charge in [-0.2, -0.15) is 0 Å². The van der Waals surface area contributed by atoms with Crippen LogP contribution in [0.25, 0.3) is 0 Å². The summed E-state index contributed by atoms with van der Waals surface area (Å²) in [6.45, 7) is 3.15. The van der Waals surface area contributed by atoms with Crippen molar-refractivity contribution >= 4 is 5.91 Å². The Morgan fingerprint density at radius 3 is 3.00 bits per heavy atom. The molecule has 1 aromatic carbocycles. The highest BCUT2D eigenvalue weighted by Crippen LogP contribution is 2.54. The predicted octanol–water partition coefficient (Wildman–Crippen LogP) is 2.22. The molecule has 1 aliphatic heterocycles. The minimum absolute atomic E-state index is 0.208. The number of hydrogen-bond donors (Lipinski definition) is 2. The Hall–Kier alpha value is -1.35. The van der Waals surface area contributed by atoms with Crippen LogP contribution in [0.3, 0.4) is 0 Å². The maximum absolute atomic E-state index is 12.5. The molecule has 1 heterocycles. The van der Waals surface area contributed by atoms with Crippen molar-refractivity contribution in [3.63, 3.8) is 0 Å². The molecule has 3 heteroatoms. The van der Waals surface area contributed by atoms with Crippen molar-refractivity contribution in [3.8, 4) is 0 Å². The van der Waals surface area contributed by atoms with Gasteiger partial charge in [-0.1, -0.05) is 24.3 Å². The number of piperidine rings is 1. The minimum atomic E-state index is 0.208. The summed E-state index contributed by atoms with van der Waals surface area (Å²) in [6.07, 6.45) is 4.36. The van der Waals surface area contributed by atoms with Crippen molar-refractivity contribution in [3.05, 3.63) is 35.4 Å². The summed E-state index contributed by atoms with van der Waals surface area (Å²) in [5.74, 6) is 1.76. The molecule has 1 aromatic rings. The second-order valence-corrected chi connectivity index (χ2v) is 7.04. The van der Waals surface area contributed by atoms with E-state index in [9.17, 15) is 4.79 Å². The summed E-state index contributed by atoms with van der Waals surface area (Å²) in [5, 5.41) is 6.78. The molecule has 0 bridgehead atoms. The molecule has 4 rings (SSSR count). The van der Waals surface area contributed by atoms with E-state index in [0.29, 0.717) is 29.8 Å². The zero-order chi connectivity index (χ0) is 14.4. The highest BCUT2D eigenvalue weighted by molar-refractivity contribution is 5.80. The Bertz CT molecular complexity index is 556. The largest absolute Gasteiger partial charge is 0.352 e. The van der Waals surface area contributed by atoms with E-state index in [1.807, 2.05) is 0 Å². The summed E-state index contributed by atoms with van der Waals surface area (Å²) < 4.78 is 0. The maximum Gasteiger partial charge on any atom is 0.223 e. The van der Waals surface area contributed by atoms with Gasteiger partial charge < -0.3 is 10.6 Å². The van der Waals surface area contributed by atoms with Gasteiger partial charge in [0.05, 0.1) is 0 Å². The zero-order valence-electron chi connectivity index (χ0n) is 12.6. The van der Waals surface area contributed by atoms with Crippen LogP contribution in [0.4, 0.5) is 0 Å². The monoisotopic (exact) mass is 284 g/mol. The number of rotatable bonds is 2. The van der Waals surface area contributed by atoms with Gasteiger partial charge in [-0.05, 0) is 56.2 Å². The second kappa shape index (κ2) is 5.13. The minimum Gasteiger partial charge on any atom is -0.352 e. The number of carbonyl (C=O) groups is 1. The second-order valence-electron chi connectivity index (χ2n) is 7.04. The van der Waals surface area contributed by atoms with Gasteiger partial charge in [0.25, 0.3) is 0 Å². The SMILES string of the molecule is C[C@H]1C[C@@H](C(=O)NC2C3CCc4ccccc4C32)CCN1. The number of amides is 1. The summed E-state index contributed by atoms with van der Waals surface area (Å²) in [7, 11) is 0. The molecule has 2 N–H and O–H groups in total. The molecular weight excluding hydrogens is 260 g/mol. The molecule has 2 aliphatic carbocycles. The summed E-state index contributed by atoms with van der Waals surface area (Å²) in [5.41, 5.74) is 2.98. The lowest BCUT2D eigenvalue weighted by Gasteiger charge is -2.27. The molecule has 3 aliphatic rings. The summed E-state index contributed by atoms with van der Waals surface area (Å²) >= 11 is 0. The van der Waals surface area contributed by atoms with Crippen LogP contribution in [0.15, 0.2) is 24.3 Å². The van der Waals surface area contributed by atoms with Crippen LogP contribution in [0.1, 0.15) is 43.2 Å². The van der Waals surface area contributed by atoms with Gasteiger partial charge in [-0.15, -0.1) is 0 Å². The number of hydrogen-bond acceptors (Lipinski definition) is 2. The van der Waals surface area contributed by atoms with E-state index >= 15 is 0 Å².